The normalized spacial score (nSPS) is 11.5. The Morgan fingerprint density at radius 1 is 1.04 bits per heavy atom. The second kappa shape index (κ2) is 8.38. The summed E-state index contributed by atoms with van der Waals surface area (Å²) in [5, 5.41) is 6.56. The molecule has 9 nitrogen and oxygen atoms in total. The molecule has 3 rings (SSSR count). The quantitative estimate of drug-likeness (QED) is 0.305. The van der Waals surface area contributed by atoms with Crippen molar-refractivity contribution in [3.8, 4) is 11.5 Å². The van der Waals surface area contributed by atoms with Crippen molar-refractivity contribution in [2.75, 3.05) is 32.7 Å². The molecule has 0 saturated carbocycles. The van der Waals surface area contributed by atoms with Crippen molar-refractivity contribution < 1.29 is 0 Å². The van der Waals surface area contributed by atoms with E-state index in [-0.39, 0.29) is 5.69 Å². The zero-order valence-corrected chi connectivity index (χ0v) is 15.6. The number of nitrogens with zero attached hydrogens (tertiary/aromatic N) is 3. The number of nitrogens with one attached hydrogen (secondary N) is 3. The second-order valence-corrected chi connectivity index (χ2v) is 6.52. The molecular weight excluding hydrogens is 346 g/mol. The highest BCUT2D eigenvalue weighted by Crippen LogP contribution is 2.23. The lowest BCUT2D eigenvalue weighted by molar-refractivity contribution is 0.575. The molecule has 1 aromatic rings. The van der Waals surface area contributed by atoms with Crippen LogP contribution in [0.3, 0.4) is 0 Å². The van der Waals surface area contributed by atoms with Gasteiger partial charge in [0.05, 0.1) is 11.0 Å². The van der Waals surface area contributed by atoms with Crippen LogP contribution in [0.2, 0.25) is 0 Å². The Hall–Kier alpha value is -2.62. The SMILES string of the molecule is Cc1cc2nc3c(=O)[nH]c(=O)nc-3n(CCNCCNCCN)c2cc1C. The van der Waals surface area contributed by atoms with Gasteiger partial charge in [-0.2, -0.15) is 4.98 Å². The minimum atomic E-state index is -0.662. The summed E-state index contributed by atoms with van der Waals surface area (Å²) in [6, 6.07) is 3.97. The zero-order chi connectivity index (χ0) is 19.4. The number of nitrogens with two attached hydrogens (primary N) is 1. The summed E-state index contributed by atoms with van der Waals surface area (Å²) >= 11 is 0. The molecule has 2 aliphatic heterocycles. The van der Waals surface area contributed by atoms with Gasteiger partial charge in [0, 0.05) is 39.3 Å². The molecular formula is C18H25N7O2. The monoisotopic (exact) mass is 371 g/mol. The van der Waals surface area contributed by atoms with Gasteiger partial charge < -0.3 is 20.9 Å². The lowest BCUT2D eigenvalue weighted by atomic mass is 10.1. The molecule has 144 valence electrons. The van der Waals surface area contributed by atoms with Gasteiger partial charge in [-0.1, -0.05) is 0 Å². The fourth-order valence-corrected chi connectivity index (χ4v) is 3.00. The van der Waals surface area contributed by atoms with Gasteiger partial charge in [-0.15, -0.1) is 0 Å². The average Bonchev–Trinajstić information content (AvgIpc) is 2.62. The van der Waals surface area contributed by atoms with E-state index in [1.807, 2.05) is 30.5 Å². The molecule has 0 bridgehead atoms. The molecule has 0 aliphatic carbocycles. The van der Waals surface area contributed by atoms with Crippen molar-refractivity contribution in [3.63, 3.8) is 0 Å². The molecule has 0 aromatic heterocycles. The van der Waals surface area contributed by atoms with Crippen LogP contribution in [0.1, 0.15) is 11.1 Å². The molecule has 9 heteroatoms. The van der Waals surface area contributed by atoms with Gasteiger partial charge in [0.2, 0.25) is 0 Å². The molecule has 0 unspecified atom stereocenters. The third-order valence-corrected chi connectivity index (χ3v) is 4.54. The number of rotatable bonds is 8. The molecule has 0 atom stereocenters. The Balaban J connectivity index is 1.96. The number of aromatic nitrogens is 4. The van der Waals surface area contributed by atoms with E-state index in [0.717, 1.165) is 36.3 Å². The number of hydrogen-bond donors (Lipinski definition) is 4. The van der Waals surface area contributed by atoms with Crippen LogP contribution in [0.25, 0.3) is 22.6 Å². The minimum Gasteiger partial charge on any atom is -0.329 e. The van der Waals surface area contributed by atoms with Crippen LogP contribution in [0.5, 0.6) is 0 Å². The highest BCUT2D eigenvalue weighted by molar-refractivity contribution is 5.81. The first-order chi connectivity index (χ1) is 13.0. The Morgan fingerprint density at radius 3 is 2.48 bits per heavy atom. The van der Waals surface area contributed by atoms with Gasteiger partial charge in [0.15, 0.2) is 11.5 Å². The van der Waals surface area contributed by atoms with E-state index in [1.165, 1.54) is 0 Å². The van der Waals surface area contributed by atoms with Gasteiger partial charge in [0.25, 0.3) is 5.56 Å². The van der Waals surface area contributed by atoms with Crippen molar-refractivity contribution in [2.24, 2.45) is 5.73 Å². The summed E-state index contributed by atoms with van der Waals surface area (Å²) in [6.07, 6.45) is 0. The van der Waals surface area contributed by atoms with Crippen LogP contribution in [0.4, 0.5) is 0 Å². The number of benzene rings is 1. The van der Waals surface area contributed by atoms with Gasteiger partial charge in [0.1, 0.15) is 0 Å². The topological polar surface area (TPSA) is 131 Å². The lowest BCUT2D eigenvalue weighted by Gasteiger charge is -2.18. The molecule has 0 amide bonds. The summed E-state index contributed by atoms with van der Waals surface area (Å²) in [7, 11) is 0. The zero-order valence-electron chi connectivity index (χ0n) is 15.6. The molecule has 5 N–H and O–H groups in total. The Morgan fingerprint density at radius 2 is 1.74 bits per heavy atom. The molecule has 0 radical (unpaired) electrons. The number of aromatic amines is 1. The van der Waals surface area contributed by atoms with Crippen LogP contribution < -0.4 is 27.6 Å². The first-order valence-corrected chi connectivity index (χ1v) is 9.04. The molecule has 2 heterocycles. The summed E-state index contributed by atoms with van der Waals surface area (Å²) in [5.74, 6) is 0.308. The molecule has 2 aliphatic rings. The van der Waals surface area contributed by atoms with E-state index in [2.05, 4.69) is 25.6 Å². The third-order valence-electron chi connectivity index (χ3n) is 4.54. The summed E-state index contributed by atoms with van der Waals surface area (Å²) < 4.78 is 1.89. The predicted molar refractivity (Wildman–Crippen MR) is 105 cm³/mol. The second-order valence-electron chi connectivity index (χ2n) is 6.52. The largest absolute Gasteiger partial charge is 0.349 e. The van der Waals surface area contributed by atoms with E-state index in [9.17, 15) is 9.59 Å². The van der Waals surface area contributed by atoms with E-state index >= 15 is 0 Å². The van der Waals surface area contributed by atoms with Crippen LogP contribution >= 0.6 is 0 Å². The van der Waals surface area contributed by atoms with Gasteiger partial charge >= 0.3 is 5.69 Å². The summed E-state index contributed by atoms with van der Waals surface area (Å²) in [5.41, 5.74) is 8.21. The van der Waals surface area contributed by atoms with Crippen LogP contribution in [-0.4, -0.2) is 52.2 Å². The molecule has 1 aromatic carbocycles. The number of hydrogen-bond acceptors (Lipinski definition) is 7. The van der Waals surface area contributed by atoms with E-state index in [4.69, 9.17) is 5.73 Å². The van der Waals surface area contributed by atoms with Crippen LogP contribution in [-0.2, 0) is 6.54 Å². The highest BCUT2D eigenvalue weighted by atomic mass is 16.2. The average molecular weight is 371 g/mol. The molecule has 27 heavy (non-hydrogen) atoms. The number of H-pyrrole nitrogens is 1. The van der Waals surface area contributed by atoms with E-state index in [0.29, 0.717) is 31.0 Å². The highest BCUT2D eigenvalue weighted by Gasteiger charge is 2.18. The maximum atomic E-state index is 12.2. The van der Waals surface area contributed by atoms with Crippen molar-refractivity contribution in [1.29, 1.82) is 0 Å². The first kappa shape index (κ1) is 19.2. The van der Waals surface area contributed by atoms with Crippen molar-refractivity contribution in [1.82, 2.24) is 30.2 Å². The molecule has 0 fully saturated rings. The lowest BCUT2D eigenvalue weighted by Crippen LogP contribution is -2.33. The predicted octanol–water partition coefficient (Wildman–Crippen LogP) is -0.661. The van der Waals surface area contributed by atoms with Crippen molar-refractivity contribution >= 4 is 11.0 Å². The summed E-state index contributed by atoms with van der Waals surface area (Å²) in [4.78, 5) is 34.6. The van der Waals surface area contributed by atoms with Crippen molar-refractivity contribution in [2.45, 2.75) is 20.4 Å². The Labute approximate surface area is 156 Å². The van der Waals surface area contributed by atoms with Gasteiger partial charge in [-0.05, 0) is 37.1 Å². The molecule has 0 saturated heterocycles. The van der Waals surface area contributed by atoms with Crippen LogP contribution in [0.15, 0.2) is 21.7 Å². The van der Waals surface area contributed by atoms with E-state index < -0.39 is 11.2 Å². The van der Waals surface area contributed by atoms with Gasteiger partial charge in [-0.3, -0.25) is 9.78 Å². The van der Waals surface area contributed by atoms with Crippen molar-refractivity contribution in [3.05, 3.63) is 44.1 Å². The first-order valence-electron chi connectivity index (χ1n) is 9.04. The maximum absolute atomic E-state index is 12.2. The Bertz CT molecular complexity index is 1020. The maximum Gasteiger partial charge on any atom is 0.349 e. The standard InChI is InChI=1S/C18H25N7O2/c1-11-9-13-14(10-12(11)2)25(8-7-21-6-5-20-4-3-19)16-15(22-13)17(26)24-18(27)23-16/h9-10,20-21H,3-8,19H2,1-2H3,(H,24,26,27). The fourth-order valence-electron chi connectivity index (χ4n) is 3.00. The minimum absolute atomic E-state index is 0.176. The van der Waals surface area contributed by atoms with Gasteiger partial charge in [-0.25, -0.2) is 9.78 Å². The smallest absolute Gasteiger partial charge is 0.329 e. The summed E-state index contributed by atoms with van der Waals surface area (Å²) in [6.45, 7) is 8.26. The number of aryl methyl sites for hydroxylation is 2. The number of fused-ring (bicyclic) bond motifs is 2. The third kappa shape index (κ3) is 4.21. The fraction of sp³-hybridized carbons (Fsp3) is 0.444. The van der Waals surface area contributed by atoms with E-state index in [1.54, 1.807) is 0 Å². The Kier molecular flexibility index (Phi) is 5.94. The van der Waals surface area contributed by atoms with Crippen LogP contribution in [0, 0.1) is 13.8 Å². The molecule has 0 spiro atoms.